The molecule has 6 nitrogen and oxygen atoms in total. The number of urea groups is 1. The summed E-state index contributed by atoms with van der Waals surface area (Å²) in [7, 11) is 0. The van der Waals surface area contributed by atoms with Crippen LogP contribution in [0.4, 0.5) is 10.5 Å². The largest absolute Gasteiger partial charge is 0.481 e. The third-order valence-corrected chi connectivity index (χ3v) is 3.15. The van der Waals surface area contributed by atoms with E-state index in [4.69, 9.17) is 5.11 Å². The van der Waals surface area contributed by atoms with Gasteiger partial charge in [0, 0.05) is 12.7 Å². The molecule has 0 unspecified atom stereocenters. The molecule has 0 aliphatic heterocycles. The summed E-state index contributed by atoms with van der Waals surface area (Å²) in [5, 5.41) is 14.2. The van der Waals surface area contributed by atoms with Gasteiger partial charge in [0.2, 0.25) is 0 Å². The predicted octanol–water partition coefficient (Wildman–Crippen LogP) is 1.38. The monoisotopic (exact) mass is 249 g/mol. The number of aromatic nitrogens is 1. The quantitative estimate of drug-likeness (QED) is 0.751. The summed E-state index contributed by atoms with van der Waals surface area (Å²) in [4.78, 5) is 26.6. The maximum absolute atomic E-state index is 11.6. The second kappa shape index (κ2) is 4.64. The van der Waals surface area contributed by atoms with Crippen LogP contribution in [0.25, 0.3) is 0 Å². The van der Waals surface area contributed by atoms with Crippen LogP contribution in [0, 0.1) is 12.3 Å². The third-order valence-electron chi connectivity index (χ3n) is 3.15. The van der Waals surface area contributed by atoms with Crippen LogP contribution < -0.4 is 10.6 Å². The summed E-state index contributed by atoms with van der Waals surface area (Å²) in [6, 6.07) is 3.06. The number of rotatable bonds is 4. The van der Waals surface area contributed by atoms with Gasteiger partial charge >= 0.3 is 12.0 Å². The zero-order valence-corrected chi connectivity index (χ0v) is 10.1. The Hall–Kier alpha value is -2.11. The summed E-state index contributed by atoms with van der Waals surface area (Å²) in [5.74, 6) is -0.847. The van der Waals surface area contributed by atoms with Crippen molar-refractivity contribution < 1.29 is 14.7 Å². The van der Waals surface area contributed by atoms with Gasteiger partial charge in [-0.1, -0.05) is 0 Å². The van der Waals surface area contributed by atoms with Crippen molar-refractivity contribution in [3.63, 3.8) is 0 Å². The van der Waals surface area contributed by atoms with Crippen molar-refractivity contribution in [2.45, 2.75) is 19.8 Å². The lowest BCUT2D eigenvalue weighted by Crippen LogP contribution is -2.37. The maximum atomic E-state index is 11.6. The molecule has 0 atom stereocenters. The third kappa shape index (κ3) is 2.58. The van der Waals surface area contributed by atoms with Crippen LogP contribution in [0.5, 0.6) is 0 Å². The first kappa shape index (κ1) is 12.3. The van der Waals surface area contributed by atoms with E-state index < -0.39 is 17.4 Å². The Kier molecular flexibility index (Phi) is 3.18. The molecule has 1 aliphatic carbocycles. The molecule has 1 heterocycles. The number of nitrogens with one attached hydrogen (secondary N) is 2. The van der Waals surface area contributed by atoms with Crippen LogP contribution in [-0.2, 0) is 4.79 Å². The minimum Gasteiger partial charge on any atom is -0.481 e. The molecule has 0 aromatic carbocycles. The maximum Gasteiger partial charge on any atom is 0.319 e. The van der Waals surface area contributed by atoms with Crippen LogP contribution in [0.2, 0.25) is 0 Å². The number of aryl methyl sites for hydroxylation is 1. The molecule has 1 aromatic heterocycles. The van der Waals surface area contributed by atoms with Crippen molar-refractivity contribution in [1.29, 1.82) is 0 Å². The number of pyridine rings is 1. The summed E-state index contributed by atoms with van der Waals surface area (Å²) in [6.07, 6.45) is 2.88. The highest BCUT2D eigenvalue weighted by Crippen LogP contribution is 2.45. The van der Waals surface area contributed by atoms with Gasteiger partial charge in [0.25, 0.3) is 0 Å². The van der Waals surface area contributed by atoms with Crippen molar-refractivity contribution in [1.82, 2.24) is 10.3 Å². The Morgan fingerprint density at radius 2 is 2.22 bits per heavy atom. The Morgan fingerprint density at radius 1 is 1.50 bits per heavy atom. The van der Waals surface area contributed by atoms with E-state index in [1.165, 1.54) is 0 Å². The number of carbonyl (C=O) groups excluding carboxylic acids is 1. The lowest BCUT2D eigenvalue weighted by Gasteiger charge is -2.12. The first-order valence-electron chi connectivity index (χ1n) is 5.73. The van der Waals surface area contributed by atoms with Crippen LogP contribution in [0.3, 0.4) is 0 Å². The van der Waals surface area contributed by atoms with E-state index in [9.17, 15) is 9.59 Å². The number of aliphatic carboxylic acids is 1. The SMILES string of the molecule is Cc1ncccc1NC(=O)NCC1(C(=O)O)CC1. The Bertz CT molecular complexity index is 483. The number of amides is 2. The molecule has 2 rings (SSSR count). The van der Waals surface area contributed by atoms with Gasteiger partial charge in [0.15, 0.2) is 0 Å². The standard InChI is InChI=1S/C12H15N3O3/c1-8-9(3-2-6-13-8)15-11(18)14-7-12(4-5-12)10(16)17/h2-3,6H,4-5,7H2,1H3,(H,16,17)(H2,14,15,18). The normalized spacial score (nSPS) is 15.8. The molecule has 1 aromatic rings. The number of hydrogen-bond acceptors (Lipinski definition) is 3. The van der Waals surface area contributed by atoms with Gasteiger partial charge in [0.1, 0.15) is 0 Å². The van der Waals surface area contributed by atoms with Gasteiger partial charge in [-0.2, -0.15) is 0 Å². The van der Waals surface area contributed by atoms with Gasteiger partial charge < -0.3 is 15.7 Å². The molecular weight excluding hydrogens is 234 g/mol. The molecule has 0 bridgehead atoms. The minimum atomic E-state index is -0.847. The fourth-order valence-electron chi connectivity index (χ4n) is 1.65. The minimum absolute atomic E-state index is 0.160. The van der Waals surface area contributed by atoms with E-state index >= 15 is 0 Å². The fourth-order valence-corrected chi connectivity index (χ4v) is 1.65. The predicted molar refractivity (Wildman–Crippen MR) is 65.3 cm³/mol. The summed E-state index contributed by atoms with van der Waals surface area (Å²) in [5.41, 5.74) is 0.587. The number of carbonyl (C=O) groups is 2. The highest BCUT2D eigenvalue weighted by atomic mass is 16.4. The lowest BCUT2D eigenvalue weighted by atomic mass is 10.1. The number of anilines is 1. The second-order valence-corrected chi connectivity index (χ2v) is 4.53. The molecule has 0 saturated heterocycles. The topological polar surface area (TPSA) is 91.3 Å². The average Bonchev–Trinajstić information content (AvgIpc) is 3.11. The molecule has 1 fully saturated rings. The lowest BCUT2D eigenvalue weighted by molar-refractivity contribution is -0.143. The Labute approximate surface area is 104 Å². The molecule has 0 radical (unpaired) electrons. The molecule has 2 amide bonds. The highest BCUT2D eigenvalue weighted by Gasteiger charge is 2.50. The smallest absolute Gasteiger partial charge is 0.319 e. The molecule has 1 aliphatic rings. The number of carboxylic acid groups (broad SMARTS) is 1. The van der Waals surface area contributed by atoms with E-state index in [0.717, 1.165) is 0 Å². The first-order chi connectivity index (χ1) is 8.53. The number of nitrogens with zero attached hydrogens (tertiary/aromatic N) is 1. The van der Waals surface area contributed by atoms with Gasteiger partial charge in [0.05, 0.1) is 16.8 Å². The van der Waals surface area contributed by atoms with Crippen molar-refractivity contribution >= 4 is 17.7 Å². The summed E-state index contributed by atoms with van der Waals surface area (Å²) in [6.45, 7) is 1.95. The number of hydrogen-bond donors (Lipinski definition) is 3. The average molecular weight is 249 g/mol. The van der Waals surface area contributed by atoms with Crippen molar-refractivity contribution in [3.8, 4) is 0 Å². The van der Waals surface area contributed by atoms with Crippen LogP contribution >= 0.6 is 0 Å². The molecule has 0 spiro atoms. The van der Waals surface area contributed by atoms with Crippen molar-refractivity contribution in [2.24, 2.45) is 5.41 Å². The van der Waals surface area contributed by atoms with Gasteiger partial charge in [-0.05, 0) is 31.9 Å². The highest BCUT2D eigenvalue weighted by molar-refractivity contribution is 5.90. The molecule has 3 N–H and O–H groups in total. The van der Waals surface area contributed by atoms with Crippen LogP contribution in [0.15, 0.2) is 18.3 Å². The van der Waals surface area contributed by atoms with Crippen LogP contribution in [0.1, 0.15) is 18.5 Å². The van der Waals surface area contributed by atoms with E-state index in [0.29, 0.717) is 24.2 Å². The van der Waals surface area contributed by atoms with Crippen molar-refractivity contribution in [2.75, 3.05) is 11.9 Å². The van der Waals surface area contributed by atoms with E-state index in [-0.39, 0.29) is 6.54 Å². The van der Waals surface area contributed by atoms with Gasteiger partial charge in [-0.3, -0.25) is 9.78 Å². The number of carboxylic acids is 1. The summed E-state index contributed by atoms with van der Waals surface area (Å²) < 4.78 is 0. The second-order valence-electron chi connectivity index (χ2n) is 4.53. The first-order valence-corrected chi connectivity index (χ1v) is 5.73. The van der Waals surface area contributed by atoms with Gasteiger partial charge in [-0.15, -0.1) is 0 Å². The van der Waals surface area contributed by atoms with Crippen molar-refractivity contribution in [3.05, 3.63) is 24.0 Å². The van der Waals surface area contributed by atoms with E-state index in [1.807, 2.05) is 0 Å². The van der Waals surface area contributed by atoms with E-state index in [2.05, 4.69) is 15.6 Å². The molecule has 18 heavy (non-hydrogen) atoms. The summed E-state index contributed by atoms with van der Waals surface area (Å²) >= 11 is 0. The zero-order chi connectivity index (χ0) is 13.2. The Morgan fingerprint density at radius 3 is 2.78 bits per heavy atom. The molecule has 1 saturated carbocycles. The molecular formula is C12H15N3O3. The van der Waals surface area contributed by atoms with Crippen LogP contribution in [-0.4, -0.2) is 28.6 Å². The zero-order valence-electron chi connectivity index (χ0n) is 10.1. The fraction of sp³-hybridized carbons (Fsp3) is 0.417. The Balaban J connectivity index is 1.87. The molecule has 6 heteroatoms. The van der Waals surface area contributed by atoms with E-state index in [1.54, 1.807) is 25.3 Å². The van der Waals surface area contributed by atoms with Gasteiger partial charge in [-0.25, -0.2) is 4.79 Å². The molecule has 96 valence electrons.